The van der Waals surface area contributed by atoms with Crippen molar-refractivity contribution in [3.05, 3.63) is 88.1 Å². The summed E-state index contributed by atoms with van der Waals surface area (Å²) in [4.78, 5) is 15.1. The van der Waals surface area contributed by atoms with Crippen LogP contribution in [0.4, 0.5) is 0 Å². The average Bonchev–Trinajstić information content (AvgIpc) is 2.93. The van der Waals surface area contributed by atoms with Crippen molar-refractivity contribution in [2.45, 2.75) is 103 Å². The van der Waals surface area contributed by atoms with Crippen molar-refractivity contribution in [2.24, 2.45) is 0 Å². The fourth-order valence-electron chi connectivity index (χ4n) is 6.38. The van der Waals surface area contributed by atoms with Crippen molar-refractivity contribution >= 4 is 6.47 Å². The first-order chi connectivity index (χ1) is 18.3. The number of carbonyl (C=O) groups is 1. The van der Waals surface area contributed by atoms with Gasteiger partial charge in [-0.05, 0) is 86.3 Å². The van der Waals surface area contributed by atoms with Crippen LogP contribution in [0.2, 0.25) is 0 Å². The number of ether oxygens (including phenoxy) is 1. The minimum atomic E-state index is -0.475. The van der Waals surface area contributed by atoms with Crippen molar-refractivity contribution < 1.29 is 14.6 Å². The molecule has 0 bridgehead atoms. The summed E-state index contributed by atoms with van der Waals surface area (Å²) in [7, 11) is 0. The molecule has 1 fully saturated rings. The first-order valence-electron chi connectivity index (χ1n) is 14.3. The Morgan fingerprint density at radius 1 is 0.947 bits per heavy atom. The zero-order valence-corrected chi connectivity index (χ0v) is 23.6. The number of benzene rings is 2. The van der Waals surface area contributed by atoms with Gasteiger partial charge in [-0.15, -0.1) is 0 Å². The molecule has 1 aliphatic carbocycles. The topological polar surface area (TPSA) is 59.4 Å². The molecule has 4 heteroatoms. The number of carbonyl (C=O) groups excluding carboxylic acids is 1. The van der Waals surface area contributed by atoms with Crippen molar-refractivity contribution in [3.63, 3.8) is 0 Å². The molecule has 3 aromatic rings. The highest BCUT2D eigenvalue weighted by atomic mass is 16.5. The van der Waals surface area contributed by atoms with E-state index in [4.69, 9.17) is 4.74 Å². The largest absolute Gasteiger partial charge is 0.463 e. The molecule has 0 aliphatic heterocycles. The lowest BCUT2D eigenvalue weighted by atomic mass is 9.69. The summed E-state index contributed by atoms with van der Waals surface area (Å²) in [6, 6.07) is 17.8. The Morgan fingerprint density at radius 2 is 1.63 bits per heavy atom. The van der Waals surface area contributed by atoms with E-state index in [1.807, 2.05) is 12.1 Å². The summed E-state index contributed by atoms with van der Waals surface area (Å²) in [6.07, 6.45) is 11.1. The molecule has 1 N–H and O–H groups in total. The van der Waals surface area contributed by atoms with Gasteiger partial charge in [0, 0.05) is 22.7 Å². The minimum Gasteiger partial charge on any atom is -0.463 e. The van der Waals surface area contributed by atoms with Crippen LogP contribution < -0.4 is 0 Å². The van der Waals surface area contributed by atoms with E-state index < -0.39 is 5.60 Å². The minimum absolute atomic E-state index is 0.0579. The summed E-state index contributed by atoms with van der Waals surface area (Å²) in [5.74, 6) is 0. The zero-order chi connectivity index (χ0) is 27.2. The summed E-state index contributed by atoms with van der Waals surface area (Å²) >= 11 is 0. The summed E-state index contributed by atoms with van der Waals surface area (Å²) in [5.41, 5.74) is 8.96. The van der Waals surface area contributed by atoms with E-state index in [-0.39, 0.29) is 12.0 Å². The third kappa shape index (κ3) is 6.02. The standard InChI is InChI=1S/C34H43NO3/c1-5-34(6-2,29-12-11-28(25(3)20-29)16-19-33(37)17-8-7-9-18-33)30-13-14-31(26(4)21-30)32-15-10-27(22-35-32)23-38-24-36/h10-15,20-22,24,37H,5-9,16-19,23H2,1-4H3. The van der Waals surface area contributed by atoms with Crippen LogP contribution in [0.1, 0.15) is 98.6 Å². The average molecular weight is 514 g/mol. The van der Waals surface area contributed by atoms with Gasteiger partial charge in [-0.3, -0.25) is 9.78 Å². The van der Waals surface area contributed by atoms with E-state index in [0.717, 1.165) is 68.2 Å². The molecular formula is C34H43NO3. The van der Waals surface area contributed by atoms with Crippen LogP contribution in [-0.4, -0.2) is 22.2 Å². The smallest absolute Gasteiger partial charge is 0.293 e. The predicted octanol–water partition coefficient (Wildman–Crippen LogP) is 7.77. The van der Waals surface area contributed by atoms with Gasteiger partial charge in [0.15, 0.2) is 0 Å². The second kappa shape index (κ2) is 12.3. The van der Waals surface area contributed by atoms with Crippen LogP contribution in [0.5, 0.6) is 0 Å². The van der Waals surface area contributed by atoms with E-state index in [1.54, 1.807) is 6.20 Å². The summed E-state index contributed by atoms with van der Waals surface area (Å²) in [5, 5.41) is 11.0. The van der Waals surface area contributed by atoms with Gasteiger partial charge in [-0.2, -0.15) is 0 Å². The Bertz CT molecular complexity index is 1220. The lowest BCUT2D eigenvalue weighted by Gasteiger charge is -2.35. The van der Waals surface area contributed by atoms with E-state index >= 15 is 0 Å². The number of aryl methyl sites for hydroxylation is 3. The molecule has 0 radical (unpaired) electrons. The second-order valence-corrected chi connectivity index (χ2v) is 11.2. The Kier molecular flexibility index (Phi) is 9.04. The predicted molar refractivity (Wildman–Crippen MR) is 154 cm³/mol. The maximum atomic E-state index is 11.0. The molecule has 4 rings (SSSR count). The van der Waals surface area contributed by atoms with Gasteiger partial charge in [-0.1, -0.05) is 75.6 Å². The molecule has 1 aromatic heterocycles. The highest BCUT2D eigenvalue weighted by Gasteiger charge is 2.32. The Morgan fingerprint density at radius 3 is 2.21 bits per heavy atom. The van der Waals surface area contributed by atoms with Gasteiger partial charge in [0.25, 0.3) is 6.47 Å². The van der Waals surface area contributed by atoms with Crippen LogP contribution in [0.25, 0.3) is 11.3 Å². The van der Waals surface area contributed by atoms with Crippen LogP contribution in [-0.2, 0) is 28.0 Å². The molecule has 202 valence electrons. The quantitative estimate of drug-likeness (QED) is 0.266. The zero-order valence-electron chi connectivity index (χ0n) is 23.6. The Hall–Kier alpha value is -2.98. The molecule has 0 saturated heterocycles. The van der Waals surface area contributed by atoms with Gasteiger partial charge in [0.05, 0.1) is 11.3 Å². The van der Waals surface area contributed by atoms with E-state index in [0.29, 0.717) is 6.47 Å². The number of hydrogen-bond donors (Lipinski definition) is 1. The highest BCUT2D eigenvalue weighted by Crippen LogP contribution is 2.41. The van der Waals surface area contributed by atoms with Gasteiger partial charge in [0.1, 0.15) is 6.61 Å². The first-order valence-corrected chi connectivity index (χ1v) is 14.3. The second-order valence-electron chi connectivity index (χ2n) is 11.2. The summed E-state index contributed by atoms with van der Waals surface area (Å²) in [6.45, 7) is 9.66. The normalized spacial score (nSPS) is 15.3. The number of hydrogen-bond acceptors (Lipinski definition) is 4. The molecule has 2 aromatic carbocycles. The molecule has 0 spiro atoms. The molecule has 4 nitrogen and oxygen atoms in total. The molecular weight excluding hydrogens is 470 g/mol. The van der Waals surface area contributed by atoms with E-state index in [9.17, 15) is 9.90 Å². The molecule has 38 heavy (non-hydrogen) atoms. The van der Waals surface area contributed by atoms with Crippen LogP contribution in [0, 0.1) is 13.8 Å². The number of aromatic nitrogens is 1. The third-order valence-corrected chi connectivity index (χ3v) is 8.94. The van der Waals surface area contributed by atoms with Crippen molar-refractivity contribution in [3.8, 4) is 11.3 Å². The van der Waals surface area contributed by atoms with Crippen LogP contribution >= 0.6 is 0 Å². The molecule has 1 aliphatic rings. The molecule has 0 unspecified atom stereocenters. The fourth-order valence-corrected chi connectivity index (χ4v) is 6.38. The number of aliphatic hydroxyl groups is 1. The van der Waals surface area contributed by atoms with Gasteiger partial charge in [-0.25, -0.2) is 0 Å². The lowest BCUT2D eigenvalue weighted by molar-refractivity contribution is -0.129. The van der Waals surface area contributed by atoms with Gasteiger partial charge >= 0.3 is 0 Å². The molecule has 0 atom stereocenters. The van der Waals surface area contributed by atoms with Crippen molar-refractivity contribution in [1.82, 2.24) is 4.98 Å². The maximum absolute atomic E-state index is 11.0. The molecule has 1 heterocycles. The van der Waals surface area contributed by atoms with Crippen molar-refractivity contribution in [1.29, 1.82) is 0 Å². The Labute approximate surface area is 228 Å². The number of rotatable bonds is 11. The third-order valence-electron chi connectivity index (χ3n) is 8.94. The van der Waals surface area contributed by atoms with Crippen LogP contribution in [0.15, 0.2) is 54.7 Å². The molecule has 1 saturated carbocycles. The maximum Gasteiger partial charge on any atom is 0.293 e. The van der Waals surface area contributed by atoms with E-state index in [1.165, 1.54) is 34.2 Å². The molecule has 0 amide bonds. The fraction of sp³-hybridized carbons (Fsp3) is 0.471. The van der Waals surface area contributed by atoms with Gasteiger partial charge < -0.3 is 9.84 Å². The lowest BCUT2D eigenvalue weighted by Crippen LogP contribution is -2.31. The van der Waals surface area contributed by atoms with Gasteiger partial charge in [0.2, 0.25) is 0 Å². The highest BCUT2D eigenvalue weighted by molar-refractivity contribution is 5.65. The Balaban J connectivity index is 1.57. The van der Waals surface area contributed by atoms with E-state index in [2.05, 4.69) is 69.1 Å². The SMILES string of the molecule is CCC(CC)(c1ccc(CCC2(O)CCCCC2)c(C)c1)c1ccc(-c2ccc(COC=O)cn2)c(C)c1. The summed E-state index contributed by atoms with van der Waals surface area (Å²) < 4.78 is 4.84. The monoisotopic (exact) mass is 513 g/mol. The number of pyridine rings is 1. The first kappa shape index (κ1) is 28.0. The van der Waals surface area contributed by atoms with Crippen LogP contribution in [0.3, 0.4) is 0 Å². The van der Waals surface area contributed by atoms with Crippen molar-refractivity contribution in [2.75, 3.05) is 0 Å². The number of nitrogens with zero attached hydrogens (tertiary/aromatic N) is 1.